The van der Waals surface area contributed by atoms with Crippen LogP contribution in [0.1, 0.15) is 24.5 Å². The van der Waals surface area contributed by atoms with Crippen LogP contribution in [0.2, 0.25) is 0 Å². The van der Waals surface area contributed by atoms with Crippen LogP contribution in [0.3, 0.4) is 0 Å². The number of benzene rings is 1. The van der Waals surface area contributed by atoms with Gasteiger partial charge in [-0.1, -0.05) is 19.1 Å². The molecule has 0 bridgehead atoms. The summed E-state index contributed by atoms with van der Waals surface area (Å²) in [6, 6.07) is 6.89. The molecule has 1 aromatic carbocycles. The summed E-state index contributed by atoms with van der Waals surface area (Å²) in [5, 5.41) is 12.5. The van der Waals surface area contributed by atoms with Gasteiger partial charge in [-0.15, -0.1) is 0 Å². The van der Waals surface area contributed by atoms with E-state index in [2.05, 4.69) is 42.4 Å². The zero-order valence-corrected chi connectivity index (χ0v) is 10.7. The second-order valence-corrected chi connectivity index (χ2v) is 4.80. The summed E-state index contributed by atoms with van der Waals surface area (Å²) in [5.41, 5.74) is 4.12. The molecule has 0 aromatic heterocycles. The van der Waals surface area contributed by atoms with Crippen LogP contribution >= 0.6 is 0 Å². The van der Waals surface area contributed by atoms with Crippen LogP contribution in [0.15, 0.2) is 18.2 Å². The predicted molar refractivity (Wildman–Crippen MR) is 71.4 cm³/mol. The van der Waals surface area contributed by atoms with Gasteiger partial charge in [-0.25, -0.2) is 0 Å². The highest BCUT2D eigenvalue weighted by atomic mass is 16.3. The lowest BCUT2D eigenvalue weighted by atomic mass is 10.1. The molecule has 94 valence electrons. The van der Waals surface area contributed by atoms with E-state index < -0.39 is 0 Å². The van der Waals surface area contributed by atoms with Crippen LogP contribution < -0.4 is 10.2 Å². The average molecular weight is 234 g/mol. The zero-order valence-electron chi connectivity index (χ0n) is 10.7. The van der Waals surface area contributed by atoms with Crippen molar-refractivity contribution < 1.29 is 5.11 Å². The minimum Gasteiger partial charge on any atom is -0.395 e. The Balaban J connectivity index is 1.99. The summed E-state index contributed by atoms with van der Waals surface area (Å²) in [4.78, 5) is 2.30. The van der Waals surface area contributed by atoms with Crippen LogP contribution in [0.4, 0.5) is 5.69 Å². The molecule has 1 aromatic rings. The number of hydrogen-bond donors (Lipinski definition) is 2. The summed E-state index contributed by atoms with van der Waals surface area (Å²) < 4.78 is 0. The Morgan fingerprint density at radius 3 is 3.00 bits per heavy atom. The quantitative estimate of drug-likeness (QED) is 0.811. The highest BCUT2D eigenvalue weighted by molar-refractivity contribution is 5.58. The van der Waals surface area contributed by atoms with Gasteiger partial charge >= 0.3 is 0 Å². The molecular weight excluding hydrogens is 212 g/mol. The third kappa shape index (κ3) is 2.79. The Morgan fingerprint density at radius 1 is 1.47 bits per heavy atom. The summed E-state index contributed by atoms with van der Waals surface area (Å²) in [7, 11) is 2.14. The number of fused-ring (bicyclic) bond motifs is 1. The minimum absolute atomic E-state index is 0.212. The van der Waals surface area contributed by atoms with Gasteiger partial charge in [-0.3, -0.25) is 0 Å². The molecule has 2 N–H and O–H groups in total. The highest BCUT2D eigenvalue weighted by Crippen LogP contribution is 2.27. The predicted octanol–water partition coefficient (Wildman–Crippen LogP) is 1.54. The Hall–Kier alpha value is -1.06. The average Bonchev–Trinajstić information content (AvgIpc) is 2.72. The largest absolute Gasteiger partial charge is 0.395 e. The van der Waals surface area contributed by atoms with E-state index >= 15 is 0 Å². The summed E-state index contributed by atoms with van der Waals surface area (Å²) in [6.07, 6.45) is 2.11. The van der Waals surface area contributed by atoms with Gasteiger partial charge in [0.2, 0.25) is 0 Å². The Bertz CT molecular complexity index is 374. The van der Waals surface area contributed by atoms with Crippen LogP contribution in [0.25, 0.3) is 0 Å². The molecule has 3 nitrogen and oxygen atoms in total. The molecule has 2 rings (SSSR count). The number of nitrogens with zero attached hydrogens (tertiary/aromatic N) is 1. The van der Waals surface area contributed by atoms with Gasteiger partial charge in [0.25, 0.3) is 0 Å². The van der Waals surface area contributed by atoms with Crippen molar-refractivity contribution in [1.82, 2.24) is 5.32 Å². The van der Waals surface area contributed by atoms with Gasteiger partial charge in [0.15, 0.2) is 0 Å². The molecule has 1 atom stereocenters. The second kappa shape index (κ2) is 5.52. The first kappa shape index (κ1) is 12.4. The first-order valence-electron chi connectivity index (χ1n) is 6.41. The van der Waals surface area contributed by atoms with Gasteiger partial charge in [0, 0.05) is 31.9 Å². The fraction of sp³-hybridized carbons (Fsp3) is 0.571. The fourth-order valence-electron chi connectivity index (χ4n) is 2.33. The first-order valence-corrected chi connectivity index (χ1v) is 6.41. The van der Waals surface area contributed by atoms with Gasteiger partial charge in [0.05, 0.1) is 6.61 Å². The number of aliphatic hydroxyl groups is 1. The van der Waals surface area contributed by atoms with Crippen molar-refractivity contribution in [3.8, 4) is 0 Å². The monoisotopic (exact) mass is 234 g/mol. The normalized spacial score (nSPS) is 16.1. The highest BCUT2D eigenvalue weighted by Gasteiger charge is 2.15. The van der Waals surface area contributed by atoms with Gasteiger partial charge in [-0.2, -0.15) is 0 Å². The second-order valence-electron chi connectivity index (χ2n) is 4.80. The SMILES string of the molecule is CCC(CO)NCc1ccc2c(c1)CCN2C. The van der Waals surface area contributed by atoms with Gasteiger partial charge < -0.3 is 15.3 Å². The van der Waals surface area contributed by atoms with E-state index in [1.54, 1.807) is 0 Å². The smallest absolute Gasteiger partial charge is 0.0584 e. The van der Waals surface area contributed by atoms with E-state index in [0.29, 0.717) is 0 Å². The molecule has 1 heterocycles. The van der Waals surface area contributed by atoms with E-state index in [1.807, 2.05) is 0 Å². The topological polar surface area (TPSA) is 35.5 Å². The number of nitrogens with one attached hydrogen (secondary N) is 1. The number of anilines is 1. The minimum atomic E-state index is 0.212. The lowest BCUT2D eigenvalue weighted by molar-refractivity contribution is 0.238. The van der Waals surface area contributed by atoms with E-state index in [9.17, 15) is 0 Å². The summed E-state index contributed by atoms with van der Waals surface area (Å²) in [6.45, 7) is 4.27. The molecule has 0 amide bonds. The van der Waals surface area contributed by atoms with E-state index in [1.165, 1.54) is 16.8 Å². The summed E-state index contributed by atoms with van der Waals surface area (Å²) >= 11 is 0. The van der Waals surface area contributed by atoms with Crippen molar-refractivity contribution >= 4 is 5.69 Å². The van der Waals surface area contributed by atoms with Crippen molar-refractivity contribution in [2.45, 2.75) is 32.4 Å². The van der Waals surface area contributed by atoms with E-state index in [4.69, 9.17) is 5.11 Å². The number of hydrogen-bond acceptors (Lipinski definition) is 3. The third-order valence-corrected chi connectivity index (χ3v) is 3.58. The maximum absolute atomic E-state index is 9.12. The fourth-order valence-corrected chi connectivity index (χ4v) is 2.33. The molecule has 3 heteroatoms. The lowest BCUT2D eigenvalue weighted by Gasteiger charge is -2.15. The van der Waals surface area contributed by atoms with Gasteiger partial charge in [0.1, 0.15) is 0 Å². The molecule has 1 aliphatic rings. The molecule has 1 aliphatic heterocycles. The molecule has 0 radical (unpaired) electrons. The third-order valence-electron chi connectivity index (χ3n) is 3.58. The summed E-state index contributed by atoms with van der Waals surface area (Å²) in [5.74, 6) is 0. The van der Waals surface area contributed by atoms with Crippen molar-refractivity contribution in [3.63, 3.8) is 0 Å². The van der Waals surface area contributed by atoms with Crippen LogP contribution in [0.5, 0.6) is 0 Å². The van der Waals surface area contributed by atoms with Crippen LogP contribution in [-0.4, -0.2) is 31.3 Å². The van der Waals surface area contributed by atoms with Crippen molar-refractivity contribution in [3.05, 3.63) is 29.3 Å². The van der Waals surface area contributed by atoms with Crippen molar-refractivity contribution in [2.75, 3.05) is 25.1 Å². The molecular formula is C14H22N2O. The Kier molecular flexibility index (Phi) is 4.02. The Labute approximate surface area is 103 Å². The maximum Gasteiger partial charge on any atom is 0.0584 e. The molecule has 1 unspecified atom stereocenters. The van der Waals surface area contributed by atoms with E-state index in [-0.39, 0.29) is 12.6 Å². The lowest BCUT2D eigenvalue weighted by Crippen LogP contribution is -2.31. The van der Waals surface area contributed by atoms with Crippen LogP contribution in [0, 0.1) is 0 Å². The number of aliphatic hydroxyl groups excluding tert-OH is 1. The number of likely N-dealkylation sites (N-methyl/N-ethyl adjacent to an activating group) is 1. The van der Waals surface area contributed by atoms with Crippen molar-refractivity contribution in [1.29, 1.82) is 0 Å². The molecule has 0 spiro atoms. The maximum atomic E-state index is 9.12. The first-order chi connectivity index (χ1) is 8.24. The molecule has 0 saturated heterocycles. The molecule has 0 aliphatic carbocycles. The molecule has 0 saturated carbocycles. The Morgan fingerprint density at radius 2 is 2.29 bits per heavy atom. The van der Waals surface area contributed by atoms with Crippen molar-refractivity contribution in [2.24, 2.45) is 0 Å². The van der Waals surface area contributed by atoms with Crippen LogP contribution in [-0.2, 0) is 13.0 Å². The van der Waals surface area contributed by atoms with E-state index in [0.717, 1.165) is 25.9 Å². The molecule has 0 fully saturated rings. The zero-order chi connectivity index (χ0) is 12.3. The molecule has 17 heavy (non-hydrogen) atoms. The number of rotatable bonds is 5. The standard InChI is InChI=1S/C14H22N2O/c1-3-13(10-17)15-9-11-4-5-14-12(8-11)6-7-16(14)2/h4-5,8,13,15,17H,3,6-7,9-10H2,1-2H3. The van der Waals surface area contributed by atoms with Gasteiger partial charge in [-0.05, 0) is 30.0 Å².